The van der Waals surface area contributed by atoms with Crippen LogP contribution in [0.3, 0.4) is 0 Å². The van der Waals surface area contributed by atoms with E-state index in [1.807, 2.05) is 30.3 Å². The zero-order valence-electron chi connectivity index (χ0n) is 20.9. The maximum Gasteiger partial charge on any atom is 0.490 e. The quantitative estimate of drug-likeness (QED) is 0.108. The van der Waals surface area contributed by atoms with Gasteiger partial charge in [0, 0.05) is 22.5 Å². The van der Waals surface area contributed by atoms with Gasteiger partial charge in [0.1, 0.15) is 11.4 Å². The summed E-state index contributed by atoms with van der Waals surface area (Å²) >= 11 is 0. The molecule has 5 N–H and O–H groups in total. The highest BCUT2D eigenvalue weighted by Crippen LogP contribution is 2.37. The molecule has 0 fully saturated rings. The predicted molar refractivity (Wildman–Crippen MR) is 137 cm³/mol. The lowest BCUT2D eigenvalue weighted by Crippen LogP contribution is -2.21. The van der Waals surface area contributed by atoms with E-state index in [9.17, 15) is 18.0 Å². The molecular weight excluding hydrogens is 521 g/mol. The van der Waals surface area contributed by atoms with Crippen molar-refractivity contribution in [1.82, 2.24) is 4.98 Å². The minimum Gasteiger partial charge on any atom is -0.496 e. The van der Waals surface area contributed by atoms with Gasteiger partial charge in [-0.05, 0) is 29.0 Å². The molecule has 1 aromatic heterocycles. The fourth-order valence-electron chi connectivity index (χ4n) is 3.79. The molecule has 0 atom stereocenters. The normalized spacial score (nSPS) is 11.5. The van der Waals surface area contributed by atoms with Gasteiger partial charge in [0.05, 0.1) is 26.9 Å². The van der Waals surface area contributed by atoms with Crippen molar-refractivity contribution in [3.63, 3.8) is 0 Å². The van der Waals surface area contributed by atoms with Crippen LogP contribution in [-0.4, -0.2) is 55.2 Å². The number of carbonyl (C=O) groups excluding carboxylic acids is 1. The Morgan fingerprint density at radius 2 is 1.46 bits per heavy atom. The van der Waals surface area contributed by atoms with Crippen molar-refractivity contribution >= 4 is 39.1 Å². The molecule has 0 aliphatic heterocycles. The number of ketones is 1. The Hall–Kier alpha value is -5.07. The summed E-state index contributed by atoms with van der Waals surface area (Å²) in [5.41, 5.74) is 7.10. The van der Waals surface area contributed by atoms with Gasteiger partial charge in [-0.25, -0.2) is 4.79 Å². The van der Waals surface area contributed by atoms with E-state index in [0.717, 1.165) is 10.8 Å². The van der Waals surface area contributed by atoms with E-state index in [-0.39, 0.29) is 17.3 Å². The number of halogens is 3. The monoisotopic (exact) mass is 544 g/mol. The number of hydrogen-bond acceptors (Lipinski definition) is 8. The lowest BCUT2D eigenvalue weighted by atomic mass is 9.95. The van der Waals surface area contributed by atoms with Crippen LogP contribution in [-0.2, 0) is 4.79 Å². The summed E-state index contributed by atoms with van der Waals surface area (Å²) in [7, 11) is 4.58. The molecule has 13 heteroatoms. The summed E-state index contributed by atoms with van der Waals surface area (Å²) in [5, 5.41) is 13.5. The molecule has 1 heterocycles. The fraction of sp³-hybridized carbons (Fsp3) is 0.154. The number of aromatic nitrogens is 1. The van der Waals surface area contributed by atoms with Gasteiger partial charge >= 0.3 is 12.1 Å². The number of ether oxygens (including phenoxy) is 3. The molecule has 0 spiro atoms. The molecule has 39 heavy (non-hydrogen) atoms. The minimum absolute atomic E-state index is 0.0801. The highest BCUT2D eigenvalue weighted by Gasteiger charge is 2.38. The van der Waals surface area contributed by atoms with Gasteiger partial charge in [-0.15, -0.1) is 0 Å². The van der Waals surface area contributed by atoms with E-state index in [0.29, 0.717) is 39.1 Å². The maximum atomic E-state index is 13.9. The second kappa shape index (κ2) is 11.5. The Balaban J connectivity index is 0.000000532. The predicted octanol–water partition coefficient (Wildman–Crippen LogP) is 3.86. The third-order valence-electron chi connectivity index (χ3n) is 5.60. The van der Waals surface area contributed by atoms with Gasteiger partial charge in [-0.1, -0.05) is 30.3 Å². The average molecular weight is 544 g/mol. The number of methoxy groups -OCH3 is 3. The molecule has 0 bridgehead atoms. The number of benzene rings is 3. The largest absolute Gasteiger partial charge is 0.496 e. The number of hydrazone groups is 1. The van der Waals surface area contributed by atoms with E-state index in [2.05, 4.69) is 10.1 Å². The molecule has 0 saturated heterocycles. The number of carboxylic acid groups (broad SMARTS) is 1. The first-order chi connectivity index (χ1) is 18.5. The Labute approximate surface area is 219 Å². The van der Waals surface area contributed by atoms with Crippen LogP contribution in [0.2, 0.25) is 0 Å². The summed E-state index contributed by atoms with van der Waals surface area (Å²) in [4.78, 5) is 27.2. The molecule has 0 aliphatic rings. The number of aliphatic carboxylic acids is 1. The minimum atomic E-state index is -5.08. The number of amidine groups is 1. The second-order valence-electron chi connectivity index (χ2n) is 7.78. The van der Waals surface area contributed by atoms with Crippen LogP contribution in [0, 0.1) is 0 Å². The number of carbonyl (C=O) groups is 2. The van der Waals surface area contributed by atoms with Gasteiger partial charge in [0.25, 0.3) is 0 Å². The first-order valence-electron chi connectivity index (χ1n) is 11.0. The molecule has 0 saturated carbocycles. The number of nitrogens with two attached hydrogens (primary N) is 2. The molecular formula is C26H23F3N4O6. The molecule has 0 aliphatic carbocycles. The third kappa shape index (κ3) is 5.76. The zero-order valence-corrected chi connectivity index (χ0v) is 20.9. The Morgan fingerprint density at radius 1 is 0.897 bits per heavy atom. The van der Waals surface area contributed by atoms with E-state index in [4.69, 9.17) is 35.7 Å². The molecule has 0 amide bonds. The van der Waals surface area contributed by atoms with Crippen LogP contribution in [0.4, 0.5) is 13.2 Å². The van der Waals surface area contributed by atoms with E-state index < -0.39 is 12.1 Å². The van der Waals surface area contributed by atoms with Crippen LogP contribution in [0.25, 0.3) is 21.5 Å². The fourth-order valence-corrected chi connectivity index (χ4v) is 3.79. The van der Waals surface area contributed by atoms with Crippen molar-refractivity contribution in [1.29, 1.82) is 0 Å². The lowest BCUT2D eigenvalue weighted by Gasteiger charge is -2.15. The Bertz CT molecular complexity index is 1590. The van der Waals surface area contributed by atoms with E-state index in [1.165, 1.54) is 27.5 Å². The van der Waals surface area contributed by atoms with Crippen LogP contribution in [0.5, 0.6) is 17.2 Å². The second-order valence-corrected chi connectivity index (χ2v) is 7.78. The highest BCUT2D eigenvalue weighted by molar-refractivity contribution is 6.23. The Morgan fingerprint density at radius 3 is 2.00 bits per heavy atom. The molecule has 0 unspecified atom stereocenters. The van der Waals surface area contributed by atoms with Gasteiger partial charge < -0.3 is 30.9 Å². The average Bonchev–Trinajstić information content (AvgIpc) is 2.94. The standard InChI is InChI=1S/C24H22N4O4.C2HF3O2/c1-30-18-9-8-13-6-4-5-7-14(13)21(18)23(29)22-16-11-20(32-3)19(31-2)10-15(16)17(12-27-22)24(25)28-26;3-2(4,5)1(6)7/h4-12H,26H2,1-3H3,(H2,25,28);(H,6,7). The summed E-state index contributed by atoms with van der Waals surface area (Å²) in [5.74, 6) is 3.80. The van der Waals surface area contributed by atoms with E-state index in [1.54, 1.807) is 18.2 Å². The Kier molecular flexibility index (Phi) is 8.44. The maximum absolute atomic E-state index is 13.9. The summed E-state index contributed by atoms with van der Waals surface area (Å²) in [6.07, 6.45) is -3.61. The topological polar surface area (TPSA) is 159 Å². The molecule has 4 rings (SSSR count). The number of hydrogen-bond donors (Lipinski definition) is 3. The van der Waals surface area contributed by atoms with Gasteiger partial charge in [-0.3, -0.25) is 9.78 Å². The summed E-state index contributed by atoms with van der Waals surface area (Å²) < 4.78 is 48.1. The van der Waals surface area contributed by atoms with Crippen molar-refractivity contribution in [3.8, 4) is 17.2 Å². The zero-order chi connectivity index (χ0) is 28.9. The lowest BCUT2D eigenvalue weighted by molar-refractivity contribution is -0.192. The summed E-state index contributed by atoms with van der Waals surface area (Å²) in [6, 6.07) is 14.7. The van der Waals surface area contributed by atoms with E-state index >= 15 is 0 Å². The van der Waals surface area contributed by atoms with Gasteiger partial charge in [-0.2, -0.15) is 18.3 Å². The van der Waals surface area contributed by atoms with Crippen LogP contribution in [0.1, 0.15) is 21.6 Å². The molecule has 4 aromatic rings. The number of alkyl halides is 3. The van der Waals surface area contributed by atoms with Crippen molar-refractivity contribution in [3.05, 3.63) is 71.5 Å². The molecule has 10 nitrogen and oxygen atoms in total. The molecule has 0 radical (unpaired) electrons. The number of carboxylic acids is 1. The number of fused-ring (bicyclic) bond motifs is 2. The first-order valence-corrected chi connectivity index (χ1v) is 11.0. The highest BCUT2D eigenvalue weighted by atomic mass is 19.4. The van der Waals surface area contributed by atoms with Crippen LogP contribution < -0.4 is 25.8 Å². The number of rotatable bonds is 6. The van der Waals surface area contributed by atoms with Crippen molar-refractivity contribution in [2.45, 2.75) is 6.18 Å². The smallest absolute Gasteiger partial charge is 0.490 e. The van der Waals surface area contributed by atoms with Crippen LogP contribution in [0.15, 0.2) is 59.8 Å². The number of pyridine rings is 1. The third-order valence-corrected chi connectivity index (χ3v) is 5.60. The van der Waals surface area contributed by atoms with Crippen molar-refractivity contribution in [2.75, 3.05) is 21.3 Å². The molecule has 3 aromatic carbocycles. The van der Waals surface area contributed by atoms with Gasteiger partial charge in [0.15, 0.2) is 17.3 Å². The number of nitrogens with zero attached hydrogens (tertiary/aromatic N) is 2. The van der Waals surface area contributed by atoms with Gasteiger partial charge in [0.2, 0.25) is 5.78 Å². The summed E-state index contributed by atoms with van der Waals surface area (Å²) in [6.45, 7) is 0. The van der Waals surface area contributed by atoms with Crippen molar-refractivity contribution in [2.24, 2.45) is 16.7 Å². The SMILES string of the molecule is COc1cc2c(/C(N)=N/N)cnc(C(=O)c3c(OC)ccc4ccccc34)c2cc1OC.O=C(O)C(F)(F)F. The first kappa shape index (κ1) is 28.5. The van der Waals surface area contributed by atoms with Crippen molar-refractivity contribution < 1.29 is 42.1 Å². The van der Waals surface area contributed by atoms with Crippen LogP contribution >= 0.6 is 0 Å². The molecule has 204 valence electrons.